The minimum atomic E-state index is 0.839. The molecule has 1 saturated heterocycles. The quantitative estimate of drug-likeness (QED) is 0.887. The third-order valence-electron chi connectivity index (χ3n) is 4.73. The average molecular weight is 273 g/mol. The van der Waals surface area contributed by atoms with Gasteiger partial charge in [0.05, 0.1) is 0 Å². The molecule has 0 radical (unpaired) electrons. The first-order valence-electron chi connectivity index (χ1n) is 8.01. The topological polar surface area (TPSA) is 18.5 Å². The Bertz CT molecular complexity index is 446. The van der Waals surface area contributed by atoms with Crippen molar-refractivity contribution in [3.63, 3.8) is 0 Å². The summed E-state index contributed by atoms with van der Waals surface area (Å²) in [6.45, 7) is 11.5. The molecule has 0 unspecified atom stereocenters. The fourth-order valence-corrected chi connectivity index (χ4v) is 3.00. The number of piperazine rings is 1. The molecule has 3 heteroatoms. The van der Waals surface area contributed by atoms with Crippen LogP contribution in [0, 0.1) is 13.8 Å². The molecule has 0 atom stereocenters. The Balaban J connectivity index is 1.48. The number of anilines is 1. The fraction of sp³-hybridized carbons (Fsp3) is 0.647. The van der Waals surface area contributed by atoms with E-state index in [1.165, 1.54) is 49.3 Å². The SMILES string of the molecule is Cc1cccc(N2CCN(CCNC3CC3)CC2)c1C. The number of rotatable bonds is 5. The first-order chi connectivity index (χ1) is 9.74. The summed E-state index contributed by atoms with van der Waals surface area (Å²) >= 11 is 0. The molecule has 1 aliphatic carbocycles. The molecule has 110 valence electrons. The molecule has 2 fully saturated rings. The summed E-state index contributed by atoms with van der Waals surface area (Å²) in [4.78, 5) is 5.14. The molecule has 1 N–H and O–H groups in total. The van der Waals surface area contributed by atoms with E-state index < -0.39 is 0 Å². The standard InChI is InChI=1S/C17H27N3/c1-14-4-3-5-17(15(14)2)20-12-10-19(11-13-20)9-8-18-16-6-7-16/h3-5,16,18H,6-13H2,1-2H3. The first-order valence-corrected chi connectivity index (χ1v) is 8.01. The van der Waals surface area contributed by atoms with Crippen molar-refractivity contribution in [3.05, 3.63) is 29.3 Å². The summed E-state index contributed by atoms with van der Waals surface area (Å²) in [6.07, 6.45) is 2.78. The Labute approximate surface area is 123 Å². The van der Waals surface area contributed by atoms with Crippen LogP contribution in [0.5, 0.6) is 0 Å². The van der Waals surface area contributed by atoms with Crippen LogP contribution in [0.25, 0.3) is 0 Å². The van der Waals surface area contributed by atoms with Crippen molar-refractivity contribution in [3.8, 4) is 0 Å². The summed E-state index contributed by atoms with van der Waals surface area (Å²) < 4.78 is 0. The fourth-order valence-electron chi connectivity index (χ4n) is 3.00. The van der Waals surface area contributed by atoms with Gasteiger partial charge >= 0.3 is 0 Å². The second-order valence-electron chi connectivity index (χ2n) is 6.28. The van der Waals surface area contributed by atoms with E-state index in [4.69, 9.17) is 0 Å². The summed E-state index contributed by atoms with van der Waals surface area (Å²) in [7, 11) is 0. The van der Waals surface area contributed by atoms with Crippen molar-refractivity contribution < 1.29 is 0 Å². The Morgan fingerprint density at radius 2 is 1.85 bits per heavy atom. The molecule has 0 bridgehead atoms. The number of hydrogen-bond acceptors (Lipinski definition) is 3. The third-order valence-corrected chi connectivity index (χ3v) is 4.73. The first kappa shape index (κ1) is 13.9. The van der Waals surface area contributed by atoms with Crippen LogP contribution in [-0.2, 0) is 0 Å². The molecule has 2 aliphatic rings. The Morgan fingerprint density at radius 1 is 1.10 bits per heavy atom. The normalized spacial score (nSPS) is 20.4. The van der Waals surface area contributed by atoms with Crippen LogP contribution in [0.2, 0.25) is 0 Å². The highest BCUT2D eigenvalue weighted by atomic mass is 15.3. The summed E-state index contributed by atoms with van der Waals surface area (Å²) in [5, 5.41) is 3.61. The van der Waals surface area contributed by atoms with Crippen LogP contribution in [-0.4, -0.2) is 50.2 Å². The van der Waals surface area contributed by atoms with Crippen LogP contribution < -0.4 is 10.2 Å². The molecule has 0 spiro atoms. The molecular weight excluding hydrogens is 246 g/mol. The van der Waals surface area contributed by atoms with Crippen molar-refractivity contribution in [2.24, 2.45) is 0 Å². The molecule has 3 rings (SSSR count). The van der Waals surface area contributed by atoms with Crippen molar-refractivity contribution in [1.29, 1.82) is 0 Å². The Morgan fingerprint density at radius 3 is 2.55 bits per heavy atom. The lowest BCUT2D eigenvalue weighted by molar-refractivity contribution is 0.257. The summed E-state index contributed by atoms with van der Waals surface area (Å²) in [6, 6.07) is 7.50. The maximum absolute atomic E-state index is 3.61. The van der Waals surface area contributed by atoms with Crippen LogP contribution >= 0.6 is 0 Å². The number of aryl methyl sites for hydroxylation is 1. The van der Waals surface area contributed by atoms with Gasteiger partial charge in [-0.05, 0) is 43.9 Å². The van der Waals surface area contributed by atoms with Crippen LogP contribution in [0.15, 0.2) is 18.2 Å². The average Bonchev–Trinajstić information content (AvgIpc) is 3.27. The molecule has 1 aromatic carbocycles. The van der Waals surface area contributed by atoms with E-state index in [9.17, 15) is 0 Å². The zero-order valence-electron chi connectivity index (χ0n) is 12.9. The Hall–Kier alpha value is -1.06. The number of nitrogens with zero attached hydrogens (tertiary/aromatic N) is 2. The minimum absolute atomic E-state index is 0.839. The van der Waals surface area contributed by atoms with Gasteiger partial charge in [-0.1, -0.05) is 12.1 Å². The number of hydrogen-bond donors (Lipinski definition) is 1. The van der Waals surface area contributed by atoms with Gasteiger partial charge in [-0.15, -0.1) is 0 Å². The highest BCUT2D eigenvalue weighted by molar-refractivity contribution is 5.56. The van der Waals surface area contributed by atoms with E-state index in [1.54, 1.807) is 0 Å². The van der Waals surface area contributed by atoms with Gasteiger partial charge in [-0.25, -0.2) is 0 Å². The molecule has 1 aliphatic heterocycles. The largest absolute Gasteiger partial charge is 0.369 e. The van der Waals surface area contributed by atoms with Gasteiger partial charge in [0.25, 0.3) is 0 Å². The van der Waals surface area contributed by atoms with Gasteiger partial charge in [0.1, 0.15) is 0 Å². The molecule has 3 nitrogen and oxygen atoms in total. The lowest BCUT2D eigenvalue weighted by Gasteiger charge is -2.37. The third kappa shape index (κ3) is 3.33. The maximum atomic E-state index is 3.61. The van der Waals surface area contributed by atoms with Crippen LogP contribution in [0.3, 0.4) is 0 Å². The lowest BCUT2D eigenvalue weighted by Crippen LogP contribution is -2.48. The van der Waals surface area contributed by atoms with E-state index >= 15 is 0 Å². The van der Waals surface area contributed by atoms with E-state index in [2.05, 4.69) is 47.2 Å². The smallest absolute Gasteiger partial charge is 0.0399 e. The highest BCUT2D eigenvalue weighted by Gasteiger charge is 2.21. The van der Waals surface area contributed by atoms with Crippen molar-refractivity contribution >= 4 is 5.69 Å². The molecular formula is C17H27N3. The lowest BCUT2D eigenvalue weighted by atomic mass is 10.1. The Kier molecular flexibility index (Phi) is 4.27. The molecule has 1 saturated carbocycles. The highest BCUT2D eigenvalue weighted by Crippen LogP contribution is 2.23. The van der Waals surface area contributed by atoms with Crippen LogP contribution in [0.4, 0.5) is 5.69 Å². The van der Waals surface area contributed by atoms with Crippen molar-refractivity contribution in [2.45, 2.75) is 32.7 Å². The number of benzene rings is 1. The van der Waals surface area contributed by atoms with Gasteiger partial charge in [0.15, 0.2) is 0 Å². The van der Waals surface area contributed by atoms with Crippen molar-refractivity contribution in [2.75, 3.05) is 44.2 Å². The predicted octanol–water partition coefficient (Wildman–Crippen LogP) is 2.18. The van der Waals surface area contributed by atoms with E-state index in [0.717, 1.165) is 25.7 Å². The van der Waals surface area contributed by atoms with E-state index in [1.807, 2.05) is 0 Å². The van der Waals surface area contributed by atoms with Gasteiger partial charge in [-0.3, -0.25) is 4.90 Å². The molecule has 20 heavy (non-hydrogen) atoms. The second kappa shape index (κ2) is 6.15. The zero-order chi connectivity index (χ0) is 13.9. The van der Waals surface area contributed by atoms with E-state index in [-0.39, 0.29) is 0 Å². The predicted molar refractivity (Wildman–Crippen MR) is 85.6 cm³/mol. The molecule has 1 heterocycles. The number of nitrogens with one attached hydrogen (secondary N) is 1. The molecule has 0 amide bonds. The summed E-state index contributed by atoms with van der Waals surface area (Å²) in [5.41, 5.74) is 4.27. The van der Waals surface area contributed by atoms with Gasteiger partial charge in [0.2, 0.25) is 0 Å². The minimum Gasteiger partial charge on any atom is -0.369 e. The zero-order valence-corrected chi connectivity index (χ0v) is 12.9. The van der Waals surface area contributed by atoms with Gasteiger partial charge in [0, 0.05) is 51.0 Å². The monoisotopic (exact) mass is 273 g/mol. The van der Waals surface area contributed by atoms with Crippen LogP contribution in [0.1, 0.15) is 24.0 Å². The molecule has 1 aromatic rings. The second-order valence-corrected chi connectivity index (χ2v) is 6.28. The van der Waals surface area contributed by atoms with E-state index in [0.29, 0.717) is 0 Å². The van der Waals surface area contributed by atoms with Gasteiger partial charge < -0.3 is 10.2 Å². The maximum Gasteiger partial charge on any atom is 0.0399 e. The van der Waals surface area contributed by atoms with Gasteiger partial charge in [-0.2, -0.15) is 0 Å². The summed E-state index contributed by atoms with van der Waals surface area (Å²) in [5.74, 6) is 0. The molecule has 0 aromatic heterocycles. The van der Waals surface area contributed by atoms with Crippen molar-refractivity contribution in [1.82, 2.24) is 10.2 Å².